The number of hydrogen-bond acceptors (Lipinski definition) is 5. The highest BCUT2D eigenvalue weighted by molar-refractivity contribution is 7.99. The van der Waals surface area contributed by atoms with Gasteiger partial charge in [0.25, 0.3) is 5.91 Å². The SMILES string of the molecule is NC(=O)c1ccc(NC(=O)c2ccc(OC3CCSC3)nc2)cc1. The lowest BCUT2D eigenvalue weighted by molar-refractivity contribution is 0.0998. The molecule has 0 saturated carbocycles. The van der Waals surface area contributed by atoms with Gasteiger partial charge >= 0.3 is 0 Å². The Morgan fingerprint density at radius 2 is 1.92 bits per heavy atom. The molecule has 124 valence electrons. The second kappa shape index (κ2) is 7.35. The minimum atomic E-state index is -0.506. The van der Waals surface area contributed by atoms with Crippen LogP contribution in [0.4, 0.5) is 5.69 Å². The molecule has 1 saturated heterocycles. The lowest BCUT2D eigenvalue weighted by Gasteiger charge is -2.11. The average Bonchev–Trinajstić information content (AvgIpc) is 3.09. The molecule has 1 aromatic carbocycles. The van der Waals surface area contributed by atoms with Crippen LogP contribution in [0.2, 0.25) is 0 Å². The number of primary amides is 1. The summed E-state index contributed by atoms with van der Waals surface area (Å²) >= 11 is 1.87. The normalized spacial score (nSPS) is 16.6. The Morgan fingerprint density at radius 1 is 1.17 bits per heavy atom. The summed E-state index contributed by atoms with van der Waals surface area (Å²) in [4.78, 5) is 27.4. The molecule has 1 unspecified atom stereocenters. The van der Waals surface area contributed by atoms with Crippen molar-refractivity contribution in [3.63, 3.8) is 0 Å². The summed E-state index contributed by atoms with van der Waals surface area (Å²) in [6.07, 6.45) is 2.71. The summed E-state index contributed by atoms with van der Waals surface area (Å²) in [7, 11) is 0. The zero-order valence-corrected chi connectivity index (χ0v) is 13.7. The quantitative estimate of drug-likeness (QED) is 0.869. The van der Waals surface area contributed by atoms with Crippen molar-refractivity contribution in [3.05, 3.63) is 53.7 Å². The average molecular weight is 343 g/mol. The summed E-state index contributed by atoms with van der Waals surface area (Å²) in [5.74, 6) is 1.83. The molecule has 3 N–H and O–H groups in total. The molecule has 3 rings (SSSR count). The van der Waals surface area contributed by atoms with Crippen LogP contribution in [-0.2, 0) is 0 Å². The van der Waals surface area contributed by atoms with Crippen molar-refractivity contribution >= 4 is 29.3 Å². The number of rotatable bonds is 5. The van der Waals surface area contributed by atoms with Gasteiger partial charge < -0.3 is 15.8 Å². The van der Waals surface area contributed by atoms with Gasteiger partial charge in [0, 0.05) is 29.3 Å². The number of anilines is 1. The van der Waals surface area contributed by atoms with Crippen molar-refractivity contribution < 1.29 is 14.3 Å². The van der Waals surface area contributed by atoms with Crippen molar-refractivity contribution in [1.82, 2.24) is 4.98 Å². The number of nitrogens with zero attached hydrogens (tertiary/aromatic N) is 1. The second-order valence-corrected chi connectivity index (χ2v) is 6.53. The molecule has 1 aliphatic heterocycles. The Kier molecular flexibility index (Phi) is 5.00. The van der Waals surface area contributed by atoms with E-state index >= 15 is 0 Å². The van der Waals surface area contributed by atoms with Gasteiger partial charge in [-0.25, -0.2) is 4.98 Å². The number of carbonyl (C=O) groups excluding carboxylic acids is 2. The van der Waals surface area contributed by atoms with Gasteiger partial charge in [-0.05, 0) is 42.5 Å². The van der Waals surface area contributed by atoms with E-state index in [-0.39, 0.29) is 12.0 Å². The number of benzene rings is 1. The van der Waals surface area contributed by atoms with E-state index < -0.39 is 5.91 Å². The van der Waals surface area contributed by atoms with Crippen molar-refractivity contribution in [2.24, 2.45) is 5.73 Å². The highest BCUT2D eigenvalue weighted by atomic mass is 32.2. The number of hydrogen-bond donors (Lipinski definition) is 2. The maximum Gasteiger partial charge on any atom is 0.257 e. The fourth-order valence-electron chi connectivity index (χ4n) is 2.28. The Balaban J connectivity index is 1.60. The van der Waals surface area contributed by atoms with E-state index in [0.717, 1.165) is 17.9 Å². The highest BCUT2D eigenvalue weighted by Crippen LogP contribution is 2.22. The molecule has 2 amide bonds. The van der Waals surface area contributed by atoms with Gasteiger partial charge in [0.15, 0.2) is 0 Å². The standard InChI is InChI=1S/C17H17N3O3S/c18-16(21)11-1-4-13(5-2-11)20-17(22)12-3-6-15(19-9-12)23-14-7-8-24-10-14/h1-6,9,14H,7-8,10H2,(H2,18,21)(H,20,22). The lowest BCUT2D eigenvalue weighted by Crippen LogP contribution is -2.16. The first kappa shape index (κ1) is 16.3. The maximum atomic E-state index is 12.2. The fraction of sp³-hybridized carbons (Fsp3) is 0.235. The van der Waals surface area contributed by atoms with E-state index in [4.69, 9.17) is 10.5 Å². The van der Waals surface area contributed by atoms with Crippen molar-refractivity contribution in [3.8, 4) is 5.88 Å². The predicted molar refractivity (Wildman–Crippen MR) is 93.5 cm³/mol. The molecule has 24 heavy (non-hydrogen) atoms. The van der Waals surface area contributed by atoms with E-state index in [9.17, 15) is 9.59 Å². The topological polar surface area (TPSA) is 94.3 Å². The first-order valence-corrected chi connectivity index (χ1v) is 8.69. The molecule has 1 fully saturated rings. The molecule has 7 heteroatoms. The van der Waals surface area contributed by atoms with E-state index in [2.05, 4.69) is 10.3 Å². The first-order valence-electron chi connectivity index (χ1n) is 7.53. The zero-order chi connectivity index (χ0) is 16.9. The highest BCUT2D eigenvalue weighted by Gasteiger charge is 2.17. The van der Waals surface area contributed by atoms with Gasteiger partial charge in [-0.15, -0.1) is 0 Å². The van der Waals surface area contributed by atoms with Gasteiger partial charge in [0.05, 0.1) is 5.56 Å². The van der Waals surface area contributed by atoms with Crippen LogP contribution in [0.5, 0.6) is 5.88 Å². The van der Waals surface area contributed by atoms with Gasteiger partial charge in [-0.1, -0.05) is 0 Å². The smallest absolute Gasteiger partial charge is 0.257 e. The van der Waals surface area contributed by atoms with Gasteiger partial charge in [0.2, 0.25) is 11.8 Å². The number of pyridine rings is 1. The molecule has 1 aliphatic rings. The molecule has 6 nitrogen and oxygen atoms in total. The van der Waals surface area contributed by atoms with Crippen molar-refractivity contribution in [1.29, 1.82) is 0 Å². The number of aromatic nitrogens is 1. The molecular weight excluding hydrogens is 326 g/mol. The molecule has 0 aliphatic carbocycles. The summed E-state index contributed by atoms with van der Waals surface area (Å²) in [6.45, 7) is 0. The fourth-order valence-corrected chi connectivity index (χ4v) is 3.38. The number of ether oxygens (including phenoxy) is 1. The molecule has 1 aromatic heterocycles. The zero-order valence-electron chi connectivity index (χ0n) is 12.9. The van der Waals surface area contributed by atoms with Crippen LogP contribution in [0.1, 0.15) is 27.1 Å². The van der Waals surface area contributed by atoms with Crippen LogP contribution < -0.4 is 15.8 Å². The molecule has 0 spiro atoms. The number of nitrogens with one attached hydrogen (secondary N) is 1. The minimum absolute atomic E-state index is 0.200. The van der Waals surface area contributed by atoms with Crippen molar-refractivity contribution in [2.45, 2.75) is 12.5 Å². The molecular formula is C17H17N3O3S. The van der Waals surface area contributed by atoms with Crippen LogP contribution in [0.15, 0.2) is 42.6 Å². The summed E-state index contributed by atoms with van der Waals surface area (Å²) < 4.78 is 5.76. The van der Waals surface area contributed by atoms with Crippen molar-refractivity contribution in [2.75, 3.05) is 16.8 Å². The Hall–Kier alpha value is -2.54. The maximum absolute atomic E-state index is 12.2. The van der Waals surface area contributed by atoms with Crippen LogP contribution in [-0.4, -0.2) is 34.4 Å². The molecule has 1 atom stereocenters. The first-order chi connectivity index (χ1) is 11.6. The second-order valence-electron chi connectivity index (χ2n) is 5.38. The van der Waals surface area contributed by atoms with E-state index in [1.165, 1.54) is 6.20 Å². The number of carbonyl (C=O) groups is 2. The largest absolute Gasteiger partial charge is 0.473 e. The van der Waals surface area contributed by atoms with E-state index in [1.807, 2.05) is 11.8 Å². The van der Waals surface area contributed by atoms with Crippen LogP contribution in [0.3, 0.4) is 0 Å². The Bertz CT molecular complexity index is 726. The molecule has 0 bridgehead atoms. The summed E-state index contributed by atoms with van der Waals surface area (Å²) in [5, 5.41) is 2.74. The molecule has 2 heterocycles. The van der Waals surface area contributed by atoms with Crippen LogP contribution >= 0.6 is 11.8 Å². The van der Waals surface area contributed by atoms with Crippen LogP contribution in [0.25, 0.3) is 0 Å². The summed E-state index contributed by atoms with van der Waals surface area (Å²) in [5.41, 5.74) is 6.58. The lowest BCUT2D eigenvalue weighted by atomic mass is 10.2. The van der Waals surface area contributed by atoms with Gasteiger partial charge in [-0.2, -0.15) is 11.8 Å². The third kappa shape index (κ3) is 4.05. The monoisotopic (exact) mass is 343 g/mol. The number of amides is 2. The third-order valence-corrected chi connectivity index (χ3v) is 4.73. The summed E-state index contributed by atoms with van der Waals surface area (Å²) in [6, 6.07) is 9.76. The van der Waals surface area contributed by atoms with E-state index in [0.29, 0.717) is 22.7 Å². The number of nitrogens with two attached hydrogens (primary N) is 1. The molecule has 2 aromatic rings. The van der Waals surface area contributed by atoms with Crippen LogP contribution in [0, 0.1) is 0 Å². The molecule has 0 radical (unpaired) electrons. The van der Waals surface area contributed by atoms with Gasteiger partial charge in [-0.3, -0.25) is 9.59 Å². The number of thioether (sulfide) groups is 1. The Labute approximate surface area is 143 Å². The predicted octanol–water partition coefficient (Wildman–Crippen LogP) is 2.32. The Morgan fingerprint density at radius 3 is 2.50 bits per heavy atom. The third-order valence-electron chi connectivity index (χ3n) is 3.60. The van der Waals surface area contributed by atoms with Gasteiger partial charge in [0.1, 0.15) is 6.10 Å². The van der Waals surface area contributed by atoms with E-state index in [1.54, 1.807) is 36.4 Å². The minimum Gasteiger partial charge on any atom is -0.473 e.